The maximum atomic E-state index is 11.1. The maximum absolute atomic E-state index is 11.1. The van der Waals surface area contributed by atoms with Crippen LogP contribution in [0.1, 0.15) is 34.9 Å². The van der Waals surface area contributed by atoms with Crippen molar-refractivity contribution in [2.45, 2.75) is 13.5 Å². The van der Waals surface area contributed by atoms with Gasteiger partial charge in [0, 0.05) is 50.4 Å². The number of benzene rings is 8. The molecule has 0 bridgehead atoms. The summed E-state index contributed by atoms with van der Waals surface area (Å²) in [6, 6.07) is 61.2. The molecule has 8 aromatic carbocycles. The monoisotopic (exact) mass is 793 g/mol. The van der Waals surface area contributed by atoms with Crippen molar-refractivity contribution in [2.75, 3.05) is 4.90 Å². The van der Waals surface area contributed by atoms with Crippen LogP contribution >= 0.6 is 0 Å². The lowest BCUT2D eigenvalue weighted by atomic mass is 10.0. The number of fused-ring (bicyclic) bond motifs is 9. The summed E-state index contributed by atoms with van der Waals surface area (Å²) in [7, 11) is 0. The predicted octanol–water partition coefficient (Wildman–Crippen LogP) is 13.9. The molecule has 0 aliphatic carbocycles. The molecule has 6 nitrogen and oxygen atoms in total. The van der Waals surface area contributed by atoms with Crippen LogP contribution in [-0.2, 0) is 6.54 Å². The second-order valence-corrected chi connectivity index (χ2v) is 15.4. The van der Waals surface area contributed by atoms with Crippen LogP contribution in [0.25, 0.3) is 82.8 Å². The minimum Gasteiger partial charge on any atom is -0.447 e. The van der Waals surface area contributed by atoms with E-state index in [0.29, 0.717) is 40.4 Å². The van der Waals surface area contributed by atoms with Gasteiger partial charge in [-0.15, -0.1) is 6.42 Å². The highest BCUT2D eigenvalue weighted by molar-refractivity contribution is 6.21. The number of furan rings is 1. The number of terminal acetylenes is 1. The molecule has 0 saturated carbocycles. The first-order valence-electron chi connectivity index (χ1n) is 20.5. The van der Waals surface area contributed by atoms with Crippen LogP contribution < -0.4 is 4.90 Å². The molecule has 0 spiro atoms. The number of anilines is 2. The molecule has 0 aliphatic rings. The van der Waals surface area contributed by atoms with E-state index in [4.69, 9.17) is 10.8 Å². The van der Waals surface area contributed by atoms with E-state index >= 15 is 0 Å². The Balaban J connectivity index is 1.15. The van der Waals surface area contributed by atoms with Crippen molar-refractivity contribution in [3.8, 4) is 35.9 Å². The molecule has 3 aromatic heterocycles. The second-order valence-electron chi connectivity index (χ2n) is 15.4. The van der Waals surface area contributed by atoms with Crippen molar-refractivity contribution < 1.29 is 4.42 Å². The third-order valence-electron chi connectivity index (χ3n) is 12.0. The molecule has 0 atom stereocenters. The number of hydrogen-bond acceptors (Lipinski definition) is 4. The van der Waals surface area contributed by atoms with Gasteiger partial charge in [0.15, 0.2) is 5.76 Å². The van der Waals surface area contributed by atoms with Crippen LogP contribution in [0.5, 0.6) is 0 Å². The Morgan fingerprint density at radius 3 is 1.87 bits per heavy atom. The summed E-state index contributed by atoms with van der Waals surface area (Å²) >= 11 is 0. The minimum absolute atomic E-state index is 0.431. The van der Waals surface area contributed by atoms with E-state index in [-0.39, 0.29) is 0 Å². The molecule has 0 radical (unpaired) electrons. The van der Waals surface area contributed by atoms with Crippen LogP contribution in [0, 0.1) is 35.0 Å². The van der Waals surface area contributed by atoms with Crippen LogP contribution in [0.2, 0.25) is 0 Å². The molecule has 3 heterocycles. The molecule has 6 heteroatoms. The van der Waals surface area contributed by atoms with E-state index in [1.165, 1.54) is 0 Å². The van der Waals surface area contributed by atoms with Crippen molar-refractivity contribution in [1.82, 2.24) is 9.13 Å². The van der Waals surface area contributed by atoms with Crippen molar-refractivity contribution >= 4 is 82.8 Å². The summed E-state index contributed by atoms with van der Waals surface area (Å²) < 4.78 is 10.4. The number of rotatable bonds is 7. The summed E-state index contributed by atoms with van der Waals surface area (Å²) in [6.07, 6.45) is 9.80. The summed E-state index contributed by atoms with van der Waals surface area (Å²) in [6.45, 7) is 2.59. The fourth-order valence-electron chi connectivity index (χ4n) is 9.33. The average Bonchev–Trinajstić information content (AvgIpc) is 3.96. The van der Waals surface area contributed by atoms with Gasteiger partial charge in [-0.1, -0.05) is 103 Å². The van der Waals surface area contributed by atoms with Crippen molar-refractivity contribution in [3.63, 3.8) is 0 Å². The summed E-state index contributed by atoms with van der Waals surface area (Å²) in [5.41, 5.74) is 10.6. The molecule has 62 heavy (non-hydrogen) atoms. The van der Waals surface area contributed by atoms with E-state index < -0.39 is 0 Å². The molecule has 0 unspecified atom stereocenters. The number of para-hydroxylation sites is 3. The van der Waals surface area contributed by atoms with E-state index in [0.717, 1.165) is 82.3 Å². The topological polar surface area (TPSA) is 73.8 Å². The lowest BCUT2D eigenvalue weighted by Gasteiger charge is -2.25. The van der Waals surface area contributed by atoms with Crippen molar-refractivity contribution in [2.24, 2.45) is 0 Å². The van der Waals surface area contributed by atoms with Crippen molar-refractivity contribution in [3.05, 3.63) is 198 Å². The van der Waals surface area contributed by atoms with Gasteiger partial charge in [-0.2, -0.15) is 10.5 Å². The first-order chi connectivity index (χ1) is 30.6. The van der Waals surface area contributed by atoms with Gasteiger partial charge in [-0.3, -0.25) is 0 Å². The predicted molar refractivity (Wildman–Crippen MR) is 253 cm³/mol. The first kappa shape index (κ1) is 36.3. The van der Waals surface area contributed by atoms with Gasteiger partial charge in [-0.05, 0) is 102 Å². The smallest absolute Gasteiger partial charge is 0.185 e. The number of nitrogens with zero attached hydrogens (tertiary/aromatic N) is 5. The standard InChI is InChI=1S/C56H35N5O/c1-3-15-44-46-31-53-45(32-55(46)62-54(44)4-2)43-22-13-14-23-48(43)61(53)52-30-38(33-57)51(29-39(52)34-58)60-49-26-24-36(28-47(49)56-42-21-12-11-16-37(42)25-27-50(56)60)35-59(40-17-7-5-8-18-40)41-19-9-6-10-20-41/h2-3,5-32H,35H2,1H3/b15-3-. The van der Waals surface area contributed by atoms with Gasteiger partial charge < -0.3 is 18.5 Å². The molecule has 11 rings (SSSR count). The Morgan fingerprint density at radius 2 is 1.19 bits per heavy atom. The van der Waals surface area contributed by atoms with E-state index in [9.17, 15) is 10.5 Å². The highest BCUT2D eigenvalue weighted by Gasteiger charge is 2.24. The minimum atomic E-state index is 0.431. The second kappa shape index (κ2) is 14.5. The maximum Gasteiger partial charge on any atom is 0.185 e. The van der Waals surface area contributed by atoms with Crippen LogP contribution in [0.3, 0.4) is 0 Å². The van der Waals surface area contributed by atoms with Crippen molar-refractivity contribution in [1.29, 1.82) is 10.5 Å². The lowest BCUT2D eigenvalue weighted by Crippen LogP contribution is -2.16. The Labute approximate surface area is 357 Å². The summed E-state index contributed by atoms with van der Waals surface area (Å²) in [5.74, 6) is 3.17. The van der Waals surface area contributed by atoms with Gasteiger partial charge in [0.25, 0.3) is 0 Å². The Bertz CT molecular complexity index is 3730. The molecular formula is C56H35N5O. The number of nitriles is 2. The Kier molecular flexibility index (Phi) is 8.50. The molecule has 0 fully saturated rings. The highest BCUT2D eigenvalue weighted by Crippen LogP contribution is 2.42. The summed E-state index contributed by atoms with van der Waals surface area (Å²) in [4.78, 5) is 2.33. The number of allylic oxidation sites excluding steroid dienone is 1. The number of aromatic nitrogens is 2. The van der Waals surface area contributed by atoms with Gasteiger partial charge >= 0.3 is 0 Å². The molecule has 0 amide bonds. The third-order valence-corrected chi connectivity index (χ3v) is 12.0. The van der Waals surface area contributed by atoms with E-state index in [1.54, 1.807) is 0 Å². The molecule has 0 N–H and O–H groups in total. The van der Waals surface area contributed by atoms with Gasteiger partial charge in [0.05, 0.1) is 44.6 Å². The zero-order valence-electron chi connectivity index (χ0n) is 33.7. The Morgan fingerprint density at radius 1 is 0.581 bits per heavy atom. The van der Waals surface area contributed by atoms with Crippen LogP contribution in [-0.4, -0.2) is 9.13 Å². The molecule has 11 aromatic rings. The van der Waals surface area contributed by atoms with E-state index in [1.807, 2.05) is 67.6 Å². The third kappa shape index (κ3) is 5.58. The first-order valence-corrected chi connectivity index (χ1v) is 20.5. The highest BCUT2D eigenvalue weighted by atomic mass is 16.3. The average molecular weight is 794 g/mol. The van der Waals surface area contributed by atoms with Gasteiger partial charge in [0.1, 0.15) is 17.7 Å². The van der Waals surface area contributed by atoms with Gasteiger partial charge in [-0.25, -0.2) is 0 Å². The number of hydrogen-bond donors (Lipinski definition) is 0. The normalized spacial score (nSPS) is 11.6. The largest absolute Gasteiger partial charge is 0.447 e. The summed E-state index contributed by atoms with van der Waals surface area (Å²) in [5, 5.41) is 29.3. The molecular weight excluding hydrogens is 759 g/mol. The molecule has 290 valence electrons. The van der Waals surface area contributed by atoms with Crippen LogP contribution in [0.4, 0.5) is 11.4 Å². The quantitative estimate of drug-likeness (QED) is 0.151. The zero-order chi connectivity index (χ0) is 41.9. The Hall–Kier alpha value is -8.76. The van der Waals surface area contributed by atoms with Gasteiger partial charge in [0.2, 0.25) is 0 Å². The zero-order valence-corrected chi connectivity index (χ0v) is 33.7. The van der Waals surface area contributed by atoms with E-state index in [2.05, 4.69) is 147 Å². The fraction of sp³-hybridized carbons (Fsp3) is 0.0357. The molecule has 0 aliphatic heterocycles. The molecule has 0 saturated heterocycles. The lowest BCUT2D eigenvalue weighted by molar-refractivity contribution is 0.601. The fourth-order valence-corrected chi connectivity index (χ4v) is 9.33. The van der Waals surface area contributed by atoms with Crippen LogP contribution in [0.15, 0.2) is 174 Å². The SMILES string of the molecule is C#Cc1oc2cc3c4ccccc4n(-c4cc(C#N)c(-n5c6ccc(CN(c7ccccc7)c7ccccc7)cc6c6c7ccccc7ccc65)cc4C#N)c3cc2c1/C=C\C.